The number of carbonyl (C=O) groups is 1. The zero-order chi connectivity index (χ0) is 15.6. The maximum Gasteiger partial charge on any atom is 0.285 e. The molecule has 1 atom stereocenters. The molecule has 21 heavy (non-hydrogen) atoms. The van der Waals surface area contributed by atoms with Crippen molar-refractivity contribution in [2.75, 3.05) is 6.54 Å². The number of likely N-dealkylation sites (tertiary alicyclic amines) is 1. The van der Waals surface area contributed by atoms with Gasteiger partial charge in [0.15, 0.2) is 11.6 Å². The van der Waals surface area contributed by atoms with Crippen LogP contribution in [0.4, 0.5) is 14.5 Å². The number of hydrogen-bond acceptors (Lipinski definition) is 3. The maximum atomic E-state index is 13.4. The van der Waals surface area contributed by atoms with E-state index < -0.39 is 28.2 Å². The van der Waals surface area contributed by atoms with Gasteiger partial charge in [0, 0.05) is 12.6 Å². The first kappa shape index (κ1) is 15.3. The van der Waals surface area contributed by atoms with Gasteiger partial charge in [-0.25, -0.2) is 8.78 Å². The standard InChI is InChI=1S/C14H16F2N2O3/c1-2-9-5-3-4-6-17(9)14(19)10-7-11(15)12(16)8-13(10)18(20)21/h7-9H,2-6H2,1H3. The number of nitro groups is 1. The van der Waals surface area contributed by atoms with Gasteiger partial charge in [-0.2, -0.15) is 0 Å². The summed E-state index contributed by atoms with van der Waals surface area (Å²) in [7, 11) is 0. The number of amides is 1. The van der Waals surface area contributed by atoms with E-state index in [9.17, 15) is 23.7 Å². The molecule has 0 bridgehead atoms. The third kappa shape index (κ3) is 3.01. The Morgan fingerprint density at radius 1 is 1.38 bits per heavy atom. The van der Waals surface area contributed by atoms with Gasteiger partial charge in [0.05, 0.1) is 11.0 Å². The van der Waals surface area contributed by atoms with Gasteiger partial charge in [0.1, 0.15) is 5.56 Å². The van der Waals surface area contributed by atoms with E-state index in [-0.39, 0.29) is 11.6 Å². The lowest BCUT2D eigenvalue weighted by atomic mass is 9.98. The van der Waals surface area contributed by atoms with Gasteiger partial charge in [-0.15, -0.1) is 0 Å². The quantitative estimate of drug-likeness (QED) is 0.635. The molecule has 1 amide bonds. The zero-order valence-electron chi connectivity index (χ0n) is 11.6. The molecular formula is C14H16F2N2O3. The lowest BCUT2D eigenvalue weighted by Gasteiger charge is -2.35. The highest BCUT2D eigenvalue weighted by molar-refractivity contribution is 5.98. The van der Waals surface area contributed by atoms with Crippen LogP contribution in [0.1, 0.15) is 43.0 Å². The molecule has 0 aromatic heterocycles. The summed E-state index contributed by atoms with van der Waals surface area (Å²) < 4.78 is 26.5. The van der Waals surface area contributed by atoms with Crippen LogP contribution in [0.25, 0.3) is 0 Å². The Morgan fingerprint density at radius 3 is 2.67 bits per heavy atom. The van der Waals surface area contributed by atoms with Gasteiger partial charge in [-0.3, -0.25) is 14.9 Å². The summed E-state index contributed by atoms with van der Waals surface area (Å²) in [4.78, 5) is 24.1. The fourth-order valence-corrected chi connectivity index (χ4v) is 2.71. The highest BCUT2D eigenvalue weighted by Gasteiger charge is 2.31. The molecule has 7 heteroatoms. The van der Waals surface area contributed by atoms with Crippen molar-refractivity contribution in [2.24, 2.45) is 0 Å². The molecule has 1 aromatic rings. The van der Waals surface area contributed by atoms with E-state index in [1.165, 1.54) is 4.90 Å². The highest BCUT2D eigenvalue weighted by atomic mass is 19.2. The van der Waals surface area contributed by atoms with Crippen molar-refractivity contribution < 1.29 is 18.5 Å². The molecule has 114 valence electrons. The number of nitrogens with zero attached hydrogens (tertiary/aromatic N) is 2. The van der Waals surface area contributed by atoms with Crippen molar-refractivity contribution in [2.45, 2.75) is 38.6 Å². The van der Waals surface area contributed by atoms with Gasteiger partial charge < -0.3 is 4.90 Å². The molecule has 0 aliphatic carbocycles. The number of benzene rings is 1. The monoisotopic (exact) mass is 298 g/mol. The molecule has 2 rings (SSSR count). The van der Waals surface area contributed by atoms with Crippen molar-refractivity contribution in [3.8, 4) is 0 Å². The zero-order valence-corrected chi connectivity index (χ0v) is 11.6. The molecule has 1 heterocycles. The summed E-state index contributed by atoms with van der Waals surface area (Å²) in [5, 5.41) is 11.0. The predicted molar refractivity (Wildman–Crippen MR) is 72.0 cm³/mol. The Hall–Kier alpha value is -2.05. The summed E-state index contributed by atoms with van der Waals surface area (Å²) in [6, 6.07) is 1.07. The largest absolute Gasteiger partial charge is 0.335 e. The number of halogens is 2. The van der Waals surface area contributed by atoms with Crippen molar-refractivity contribution in [1.29, 1.82) is 0 Å². The van der Waals surface area contributed by atoms with Crippen LogP contribution in [0.2, 0.25) is 0 Å². The first-order chi connectivity index (χ1) is 9.95. The fourth-order valence-electron chi connectivity index (χ4n) is 2.71. The SMILES string of the molecule is CCC1CCCCN1C(=O)c1cc(F)c(F)cc1[N+](=O)[O-]. The summed E-state index contributed by atoms with van der Waals surface area (Å²) >= 11 is 0. The van der Waals surface area contributed by atoms with E-state index in [4.69, 9.17) is 0 Å². The molecule has 1 saturated heterocycles. The highest BCUT2D eigenvalue weighted by Crippen LogP contribution is 2.27. The lowest BCUT2D eigenvalue weighted by molar-refractivity contribution is -0.385. The van der Waals surface area contributed by atoms with Crippen molar-refractivity contribution in [1.82, 2.24) is 4.90 Å². The topological polar surface area (TPSA) is 63.5 Å². The van der Waals surface area contributed by atoms with Crippen LogP contribution in [0.5, 0.6) is 0 Å². The van der Waals surface area contributed by atoms with Crippen LogP contribution < -0.4 is 0 Å². The second-order valence-electron chi connectivity index (χ2n) is 5.10. The first-order valence-corrected chi connectivity index (χ1v) is 6.90. The second-order valence-corrected chi connectivity index (χ2v) is 5.10. The van der Waals surface area contributed by atoms with E-state index in [0.717, 1.165) is 25.7 Å². The minimum Gasteiger partial charge on any atom is -0.335 e. The third-order valence-corrected chi connectivity index (χ3v) is 3.82. The lowest BCUT2D eigenvalue weighted by Crippen LogP contribution is -2.43. The number of rotatable bonds is 3. The molecule has 1 aromatic carbocycles. The number of nitro benzene ring substituents is 1. The average molecular weight is 298 g/mol. The van der Waals surface area contributed by atoms with Crippen LogP contribution in [0, 0.1) is 21.7 Å². The van der Waals surface area contributed by atoms with Crippen LogP contribution in [-0.4, -0.2) is 28.3 Å². The number of piperidine rings is 1. The van der Waals surface area contributed by atoms with E-state index in [1.807, 2.05) is 6.92 Å². The molecule has 0 saturated carbocycles. The van der Waals surface area contributed by atoms with Crippen molar-refractivity contribution in [3.05, 3.63) is 39.4 Å². The molecule has 1 aliphatic rings. The molecule has 1 unspecified atom stereocenters. The Balaban J connectivity index is 2.42. The fraction of sp³-hybridized carbons (Fsp3) is 0.500. The molecule has 1 aliphatic heterocycles. The summed E-state index contributed by atoms with van der Waals surface area (Å²) in [5.74, 6) is -3.19. The average Bonchev–Trinajstić information content (AvgIpc) is 2.48. The molecule has 0 radical (unpaired) electrons. The van der Waals surface area contributed by atoms with Gasteiger partial charge >= 0.3 is 0 Å². The Kier molecular flexibility index (Phi) is 4.50. The maximum absolute atomic E-state index is 13.4. The van der Waals surface area contributed by atoms with Crippen molar-refractivity contribution in [3.63, 3.8) is 0 Å². The Labute approximate surface area is 120 Å². The van der Waals surface area contributed by atoms with Crippen LogP contribution in [0.3, 0.4) is 0 Å². The predicted octanol–water partition coefficient (Wildman–Crippen LogP) is 3.28. The summed E-state index contributed by atoms with van der Waals surface area (Å²) in [6.07, 6.45) is 3.34. The third-order valence-electron chi connectivity index (χ3n) is 3.82. The Bertz CT molecular complexity index is 578. The van der Waals surface area contributed by atoms with Crippen LogP contribution in [0.15, 0.2) is 12.1 Å². The molecule has 5 nitrogen and oxygen atoms in total. The van der Waals surface area contributed by atoms with Gasteiger partial charge in [-0.05, 0) is 31.7 Å². The molecule has 0 spiro atoms. The molecule has 1 fully saturated rings. The number of carbonyl (C=O) groups excluding carboxylic acids is 1. The van der Waals surface area contributed by atoms with Crippen LogP contribution >= 0.6 is 0 Å². The first-order valence-electron chi connectivity index (χ1n) is 6.90. The summed E-state index contributed by atoms with van der Waals surface area (Å²) in [5.41, 5.74) is -1.08. The minimum absolute atomic E-state index is 0.0148. The van der Waals surface area contributed by atoms with Gasteiger partial charge in [-0.1, -0.05) is 6.92 Å². The van der Waals surface area contributed by atoms with Crippen LogP contribution in [-0.2, 0) is 0 Å². The van der Waals surface area contributed by atoms with E-state index >= 15 is 0 Å². The summed E-state index contributed by atoms with van der Waals surface area (Å²) in [6.45, 7) is 2.41. The van der Waals surface area contributed by atoms with Crippen molar-refractivity contribution >= 4 is 11.6 Å². The van der Waals surface area contributed by atoms with E-state index in [0.29, 0.717) is 18.7 Å². The number of hydrogen-bond donors (Lipinski definition) is 0. The molecular weight excluding hydrogens is 282 g/mol. The second kappa shape index (κ2) is 6.15. The van der Waals surface area contributed by atoms with E-state index in [1.54, 1.807) is 0 Å². The van der Waals surface area contributed by atoms with Gasteiger partial charge in [0.25, 0.3) is 11.6 Å². The van der Waals surface area contributed by atoms with Gasteiger partial charge in [0.2, 0.25) is 0 Å². The molecule has 0 N–H and O–H groups in total. The normalized spacial score (nSPS) is 18.6. The van der Waals surface area contributed by atoms with E-state index in [2.05, 4.69) is 0 Å². The smallest absolute Gasteiger partial charge is 0.285 e. The Morgan fingerprint density at radius 2 is 2.05 bits per heavy atom. The minimum atomic E-state index is -1.33.